The molecule has 1 aromatic carbocycles. The molecule has 19 heavy (non-hydrogen) atoms. The van der Waals surface area contributed by atoms with Crippen LogP contribution in [0.25, 0.3) is 0 Å². The summed E-state index contributed by atoms with van der Waals surface area (Å²) in [5.41, 5.74) is 0.977. The number of benzene rings is 1. The van der Waals surface area contributed by atoms with Gasteiger partial charge in [0.15, 0.2) is 5.75 Å². The summed E-state index contributed by atoms with van der Waals surface area (Å²) in [5, 5.41) is 14.4. The van der Waals surface area contributed by atoms with Crippen molar-refractivity contribution in [3.63, 3.8) is 0 Å². The van der Waals surface area contributed by atoms with Crippen molar-refractivity contribution < 1.29 is 9.66 Å². The lowest BCUT2D eigenvalue weighted by Gasteiger charge is -2.31. The summed E-state index contributed by atoms with van der Waals surface area (Å²) in [6, 6.07) is 5.62. The molecular formula is C13H19N3O3. The fraction of sp³-hybridized carbons (Fsp3) is 0.538. The first-order chi connectivity index (χ1) is 9.10. The minimum Gasteiger partial charge on any atom is -0.490 e. The molecule has 1 heterocycles. The summed E-state index contributed by atoms with van der Waals surface area (Å²) in [5.74, 6) is 0.308. The molecule has 104 valence electrons. The van der Waals surface area contributed by atoms with Crippen LogP contribution in [0.5, 0.6) is 5.75 Å². The number of hydrogen-bond donors (Lipinski definition) is 1. The van der Waals surface area contributed by atoms with E-state index in [1.807, 2.05) is 6.07 Å². The molecular weight excluding hydrogens is 246 g/mol. The summed E-state index contributed by atoms with van der Waals surface area (Å²) >= 11 is 0. The van der Waals surface area contributed by atoms with Gasteiger partial charge in [0.2, 0.25) is 0 Å². The topological polar surface area (TPSA) is 67.6 Å². The van der Waals surface area contributed by atoms with E-state index in [2.05, 4.69) is 17.1 Å². The van der Waals surface area contributed by atoms with E-state index >= 15 is 0 Å². The number of ether oxygens (including phenoxy) is 1. The maximum atomic E-state index is 11.0. The zero-order chi connectivity index (χ0) is 13.8. The molecule has 0 aliphatic carbocycles. The summed E-state index contributed by atoms with van der Waals surface area (Å²) in [4.78, 5) is 12.9. The molecule has 1 fully saturated rings. The number of rotatable bonds is 4. The van der Waals surface area contributed by atoms with Gasteiger partial charge in [-0.25, -0.2) is 0 Å². The second-order valence-corrected chi connectivity index (χ2v) is 4.85. The van der Waals surface area contributed by atoms with Crippen molar-refractivity contribution in [2.75, 3.05) is 26.7 Å². The number of nitro groups is 1. The van der Waals surface area contributed by atoms with E-state index in [0.717, 1.165) is 31.7 Å². The van der Waals surface area contributed by atoms with Crippen LogP contribution in [0.2, 0.25) is 0 Å². The molecule has 1 N–H and O–H groups in total. The van der Waals surface area contributed by atoms with Crippen LogP contribution in [0.15, 0.2) is 18.2 Å². The summed E-state index contributed by atoms with van der Waals surface area (Å²) in [6.07, 6.45) is 0. The van der Waals surface area contributed by atoms with E-state index in [1.54, 1.807) is 12.1 Å². The first kappa shape index (κ1) is 13.8. The fourth-order valence-corrected chi connectivity index (χ4v) is 2.39. The second kappa shape index (κ2) is 5.99. The Labute approximate surface area is 112 Å². The van der Waals surface area contributed by atoms with E-state index in [9.17, 15) is 10.1 Å². The van der Waals surface area contributed by atoms with Crippen LogP contribution < -0.4 is 10.1 Å². The van der Waals surface area contributed by atoms with Crippen molar-refractivity contribution in [1.29, 1.82) is 0 Å². The Kier molecular flexibility index (Phi) is 4.34. The van der Waals surface area contributed by atoms with Crippen molar-refractivity contribution in [3.8, 4) is 5.75 Å². The highest BCUT2D eigenvalue weighted by molar-refractivity contribution is 5.48. The molecule has 0 bridgehead atoms. The molecule has 0 spiro atoms. The number of piperazine rings is 1. The first-order valence-electron chi connectivity index (χ1n) is 6.37. The quantitative estimate of drug-likeness (QED) is 0.658. The molecule has 0 amide bonds. The molecule has 1 atom stereocenters. The van der Waals surface area contributed by atoms with Gasteiger partial charge in [0.25, 0.3) is 0 Å². The van der Waals surface area contributed by atoms with Gasteiger partial charge in [-0.15, -0.1) is 0 Å². The van der Waals surface area contributed by atoms with Gasteiger partial charge < -0.3 is 10.1 Å². The van der Waals surface area contributed by atoms with E-state index in [0.29, 0.717) is 11.8 Å². The van der Waals surface area contributed by atoms with Gasteiger partial charge in [0.1, 0.15) is 0 Å². The summed E-state index contributed by atoms with van der Waals surface area (Å²) in [6.45, 7) is 5.75. The Morgan fingerprint density at radius 2 is 2.37 bits per heavy atom. The van der Waals surface area contributed by atoms with Gasteiger partial charge in [-0.2, -0.15) is 0 Å². The fourth-order valence-electron chi connectivity index (χ4n) is 2.39. The molecule has 0 aromatic heterocycles. The third kappa shape index (κ3) is 3.42. The molecule has 2 rings (SSSR count). The maximum Gasteiger partial charge on any atom is 0.311 e. The van der Waals surface area contributed by atoms with Gasteiger partial charge >= 0.3 is 5.69 Å². The Morgan fingerprint density at radius 1 is 1.58 bits per heavy atom. The molecule has 6 nitrogen and oxygen atoms in total. The van der Waals surface area contributed by atoms with Gasteiger partial charge in [0.05, 0.1) is 12.0 Å². The minimum absolute atomic E-state index is 0.0307. The Balaban J connectivity index is 2.12. The van der Waals surface area contributed by atoms with E-state index in [4.69, 9.17) is 4.74 Å². The highest BCUT2D eigenvalue weighted by Crippen LogP contribution is 2.28. The second-order valence-electron chi connectivity index (χ2n) is 4.85. The molecule has 6 heteroatoms. The lowest BCUT2D eigenvalue weighted by Crippen LogP contribution is -2.48. The smallest absolute Gasteiger partial charge is 0.311 e. The highest BCUT2D eigenvalue weighted by Gasteiger charge is 2.19. The van der Waals surface area contributed by atoms with Crippen molar-refractivity contribution in [2.45, 2.75) is 19.5 Å². The van der Waals surface area contributed by atoms with E-state index in [1.165, 1.54) is 7.11 Å². The molecule has 1 aromatic rings. The largest absolute Gasteiger partial charge is 0.490 e. The lowest BCUT2D eigenvalue weighted by atomic mass is 10.1. The predicted octanol–water partition coefficient (Wildman–Crippen LogP) is 1.40. The number of nitrogens with zero attached hydrogens (tertiary/aromatic N) is 2. The van der Waals surface area contributed by atoms with Crippen molar-refractivity contribution in [1.82, 2.24) is 10.2 Å². The number of nitro benzene ring substituents is 1. The van der Waals surface area contributed by atoms with Gasteiger partial charge in [-0.1, -0.05) is 6.07 Å². The third-order valence-corrected chi connectivity index (χ3v) is 3.30. The third-order valence-electron chi connectivity index (χ3n) is 3.30. The Bertz CT molecular complexity index is 464. The average molecular weight is 265 g/mol. The number of hydrogen-bond acceptors (Lipinski definition) is 5. The van der Waals surface area contributed by atoms with Crippen LogP contribution in [0.1, 0.15) is 12.5 Å². The highest BCUT2D eigenvalue weighted by atomic mass is 16.6. The molecule has 1 aliphatic heterocycles. The normalized spacial score (nSPS) is 20.2. The van der Waals surface area contributed by atoms with Crippen LogP contribution in [-0.4, -0.2) is 42.6 Å². The average Bonchev–Trinajstić information content (AvgIpc) is 2.38. The SMILES string of the molecule is COc1ccc(CN2CCNC(C)C2)cc1[N+](=O)[O-]. The summed E-state index contributed by atoms with van der Waals surface area (Å²) in [7, 11) is 1.44. The van der Waals surface area contributed by atoms with Crippen LogP contribution in [0.4, 0.5) is 5.69 Å². The zero-order valence-corrected chi connectivity index (χ0v) is 11.3. The lowest BCUT2D eigenvalue weighted by molar-refractivity contribution is -0.385. The van der Waals surface area contributed by atoms with Crippen LogP contribution in [-0.2, 0) is 6.54 Å². The zero-order valence-electron chi connectivity index (χ0n) is 11.3. The van der Waals surface area contributed by atoms with Crippen LogP contribution >= 0.6 is 0 Å². The van der Waals surface area contributed by atoms with E-state index < -0.39 is 4.92 Å². The molecule has 0 saturated carbocycles. The van der Waals surface area contributed by atoms with Gasteiger partial charge in [0, 0.05) is 38.3 Å². The molecule has 1 aliphatic rings. The van der Waals surface area contributed by atoms with Gasteiger partial charge in [-0.3, -0.25) is 15.0 Å². The predicted molar refractivity (Wildman–Crippen MR) is 72.4 cm³/mol. The first-order valence-corrected chi connectivity index (χ1v) is 6.37. The number of methoxy groups -OCH3 is 1. The minimum atomic E-state index is -0.400. The maximum absolute atomic E-state index is 11.0. The van der Waals surface area contributed by atoms with Gasteiger partial charge in [-0.05, 0) is 18.6 Å². The molecule has 0 radical (unpaired) electrons. The van der Waals surface area contributed by atoms with Crippen molar-refractivity contribution >= 4 is 5.69 Å². The van der Waals surface area contributed by atoms with Crippen LogP contribution in [0.3, 0.4) is 0 Å². The van der Waals surface area contributed by atoms with Crippen LogP contribution in [0, 0.1) is 10.1 Å². The number of nitrogens with one attached hydrogen (secondary N) is 1. The van der Waals surface area contributed by atoms with Crippen molar-refractivity contribution in [3.05, 3.63) is 33.9 Å². The monoisotopic (exact) mass is 265 g/mol. The summed E-state index contributed by atoms with van der Waals surface area (Å²) < 4.78 is 5.00. The standard InChI is InChI=1S/C13H19N3O3/c1-10-8-15(6-5-14-10)9-11-3-4-13(19-2)12(7-11)16(17)18/h3-4,7,10,14H,5-6,8-9H2,1-2H3. The molecule has 1 saturated heterocycles. The van der Waals surface area contributed by atoms with E-state index in [-0.39, 0.29) is 5.69 Å². The molecule has 1 unspecified atom stereocenters. The Morgan fingerprint density at radius 3 is 3.00 bits per heavy atom. The van der Waals surface area contributed by atoms with Crippen molar-refractivity contribution in [2.24, 2.45) is 0 Å². The Hall–Kier alpha value is -1.66.